The molecule has 21 heavy (non-hydrogen) atoms. The van der Waals surface area contributed by atoms with Crippen molar-refractivity contribution in [3.8, 4) is 0 Å². The number of carboxylic acids is 1. The first-order chi connectivity index (χ1) is 9.57. The Balaban J connectivity index is 3.43. The van der Waals surface area contributed by atoms with Crippen molar-refractivity contribution in [1.82, 2.24) is 4.31 Å². The van der Waals surface area contributed by atoms with E-state index < -0.39 is 33.5 Å². The Hall–Kier alpha value is -2.00. The van der Waals surface area contributed by atoms with Crippen molar-refractivity contribution in [1.29, 1.82) is 0 Å². The lowest BCUT2D eigenvalue weighted by atomic mass is 10.2. The van der Waals surface area contributed by atoms with Crippen LogP contribution < -0.4 is 0 Å². The van der Waals surface area contributed by atoms with E-state index in [9.17, 15) is 23.3 Å². The molecular formula is C12H16N2O6S. The molecule has 1 rings (SSSR count). The van der Waals surface area contributed by atoms with Gasteiger partial charge in [0, 0.05) is 18.2 Å². The number of aliphatic carboxylic acids is 1. The lowest BCUT2D eigenvalue weighted by Gasteiger charge is -2.24. The lowest BCUT2D eigenvalue weighted by molar-refractivity contribution is -0.385. The summed E-state index contributed by atoms with van der Waals surface area (Å²) in [5.74, 6) is -1.30. The monoisotopic (exact) mass is 316 g/mol. The Kier molecular flexibility index (Phi) is 5.02. The number of hydrogen-bond donors (Lipinski definition) is 1. The molecule has 1 aromatic carbocycles. The molecule has 9 heteroatoms. The number of carbonyl (C=O) groups is 1. The molecule has 0 aliphatic carbocycles. The van der Waals surface area contributed by atoms with Gasteiger partial charge in [0.25, 0.3) is 5.69 Å². The molecule has 0 fully saturated rings. The molecule has 1 N–H and O–H groups in total. The van der Waals surface area contributed by atoms with Crippen molar-refractivity contribution in [2.45, 2.75) is 31.7 Å². The minimum Gasteiger partial charge on any atom is -0.480 e. The fraction of sp³-hybridized carbons (Fsp3) is 0.417. The summed E-state index contributed by atoms with van der Waals surface area (Å²) in [4.78, 5) is 20.7. The summed E-state index contributed by atoms with van der Waals surface area (Å²) < 4.78 is 25.9. The first-order valence-electron chi connectivity index (χ1n) is 6.06. The Morgan fingerprint density at radius 3 is 2.43 bits per heavy atom. The van der Waals surface area contributed by atoms with Gasteiger partial charge in [0.15, 0.2) is 0 Å². The van der Waals surface area contributed by atoms with Gasteiger partial charge in [-0.25, -0.2) is 8.42 Å². The predicted octanol–water partition coefficient (Wildman–Crippen LogP) is 1.39. The topological polar surface area (TPSA) is 118 Å². The van der Waals surface area contributed by atoms with Crippen LogP contribution in [-0.4, -0.2) is 41.3 Å². The van der Waals surface area contributed by atoms with Gasteiger partial charge in [-0.2, -0.15) is 4.31 Å². The molecule has 116 valence electrons. The van der Waals surface area contributed by atoms with Crippen molar-refractivity contribution < 1.29 is 23.2 Å². The molecular weight excluding hydrogens is 300 g/mol. The highest BCUT2D eigenvalue weighted by molar-refractivity contribution is 7.89. The molecule has 0 heterocycles. The molecule has 0 unspecified atom stereocenters. The second-order valence-electron chi connectivity index (χ2n) is 4.74. The first-order valence-corrected chi connectivity index (χ1v) is 7.50. The minimum absolute atomic E-state index is 0.258. The first kappa shape index (κ1) is 17.1. The zero-order valence-corrected chi connectivity index (χ0v) is 12.6. The smallest absolute Gasteiger partial charge is 0.318 e. The van der Waals surface area contributed by atoms with E-state index >= 15 is 0 Å². The maximum atomic E-state index is 12.5. The van der Waals surface area contributed by atoms with Gasteiger partial charge in [-0.1, -0.05) is 6.07 Å². The van der Waals surface area contributed by atoms with Gasteiger partial charge >= 0.3 is 5.97 Å². The predicted molar refractivity (Wildman–Crippen MR) is 74.5 cm³/mol. The van der Waals surface area contributed by atoms with Crippen LogP contribution in [0.3, 0.4) is 0 Å². The summed E-state index contributed by atoms with van der Waals surface area (Å²) >= 11 is 0. The summed E-state index contributed by atoms with van der Waals surface area (Å²) in [6.07, 6.45) is 0. The number of nitro benzene ring substituents is 1. The van der Waals surface area contributed by atoms with Crippen molar-refractivity contribution in [2.75, 3.05) is 6.54 Å². The average Bonchev–Trinajstić information content (AvgIpc) is 2.35. The molecule has 0 aromatic heterocycles. The van der Waals surface area contributed by atoms with Crippen LogP contribution in [0.25, 0.3) is 0 Å². The molecule has 0 saturated heterocycles. The van der Waals surface area contributed by atoms with Crippen LogP contribution in [0.4, 0.5) is 5.69 Å². The second kappa shape index (κ2) is 6.19. The van der Waals surface area contributed by atoms with Gasteiger partial charge in [-0.15, -0.1) is 0 Å². The van der Waals surface area contributed by atoms with Crippen LogP contribution in [0.5, 0.6) is 0 Å². The van der Waals surface area contributed by atoms with Crippen LogP contribution in [0.15, 0.2) is 23.1 Å². The van der Waals surface area contributed by atoms with Crippen LogP contribution in [0, 0.1) is 17.0 Å². The molecule has 0 bridgehead atoms. The van der Waals surface area contributed by atoms with Crippen LogP contribution in [0.2, 0.25) is 0 Å². The number of nitro groups is 1. The molecule has 0 radical (unpaired) electrons. The molecule has 0 atom stereocenters. The van der Waals surface area contributed by atoms with E-state index in [1.54, 1.807) is 0 Å². The number of benzene rings is 1. The third-order valence-corrected chi connectivity index (χ3v) is 5.00. The minimum atomic E-state index is -4.13. The van der Waals surface area contributed by atoms with Gasteiger partial charge in [-0.3, -0.25) is 14.9 Å². The van der Waals surface area contributed by atoms with Gasteiger partial charge in [-0.05, 0) is 26.3 Å². The number of hydrogen-bond acceptors (Lipinski definition) is 5. The third kappa shape index (κ3) is 3.76. The van der Waals surface area contributed by atoms with E-state index in [-0.39, 0.29) is 10.6 Å². The highest BCUT2D eigenvalue weighted by Crippen LogP contribution is 2.25. The van der Waals surface area contributed by atoms with E-state index in [1.807, 2.05) is 0 Å². The molecule has 1 aromatic rings. The Bertz CT molecular complexity index is 668. The summed E-state index contributed by atoms with van der Waals surface area (Å²) in [5.41, 5.74) is -0.0464. The summed E-state index contributed by atoms with van der Waals surface area (Å²) in [6, 6.07) is 2.88. The number of non-ortho nitro benzene ring substituents is 1. The fourth-order valence-electron chi connectivity index (χ4n) is 1.78. The van der Waals surface area contributed by atoms with E-state index in [0.717, 1.165) is 10.4 Å². The number of aryl methyl sites for hydroxylation is 1. The van der Waals surface area contributed by atoms with E-state index in [4.69, 9.17) is 5.11 Å². The standard InChI is InChI=1S/C12H16N2O6S/c1-8(2)13(7-12(15)16)21(19,20)11-6-10(14(17)18)5-4-9(11)3/h4-6,8H,7H2,1-3H3,(H,15,16). The zero-order chi connectivity index (χ0) is 16.4. The summed E-state index contributed by atoms with van der Waals surface area (Å²) in [7, 11) is -4.13. The summed E-state index contributed by atoms with van der Waals surface area (Å²) in [5, 5.41) is 19.6. The SMILES string of the molecule is Cc1ccc([N+](=O)[O-])cc1S(=O)(=O)N(CC(=O)O)C(C)C. The highest BCUT2D eigenvalue weighted by atomic mass is 32.2. The van der Waals surface area contributed by atoms with Crippen LogP contribution >= 0.6 is 0 Å². The number of sulfonamides is 1. The maximum Gasteiger partial charge on any atom is 0.318 e. The second-order valence-corrected chi connectivity index (χ2v) is 6.60. The zero-order valence-electron chi connectivity index (χ0n) is 11.8. The average molecular weight is 316 g/mol. The van der Waals surface area contributed by atoms with Crippen molar-refractivity contribution in [2.24, 2.45) is 0 Å². The Morgan fingerprint density at radius 1 is 1.43 bits per heavy atom. The largest absolute Gasteiger partial charge is 0.480 e. The van der Waals surface area contributed by atoms with Gasteiger partial charge in [0.05, 0.1) is 9.82 Å². The van der Waals surface area contributed by atoms with Gasteiger partial charge in [0.1, 0.15) is 6.54 Å². The number of nitrogens with zero attached hydrogens (tertiary/aromatic N) is 2. The van der Waals surface area contributed by atoms with Crippen molar-refractivity contribution in [3.05, 3.63) is 33.9 Å². The molecule has 0 amide bonds. The van der Waals surface area contributed by atoms with Gasteiger partial charge in [0.2, 0.25) is 10.0 Å². The Morgan fingerprint density at radius 2 is 2.00 bits per heavy atom. The molecule has 0 aliphatic heterocycles. The van der Waals surface area contributed by atoms with Gasteiger partial charge < -0.3 is 5.11 Å². The maximum absolute atomic E-state index is 12.5. The summed E-state index contributed by atoms with van der Waals surface area (Å²) in [6.45, 7) is 3.86. The van der Waals surface area contributed by atoms with Crippen LogP contribution in [-0.2, 0) is 14.8 Å². The Labute approximate surface area is 122 Å². The van der Waals surface area contributed by atoms with Crippen LogP contribution in [0.1, 0.15) is 19.4 Å². The van der Waals surface area contributed by atoms with E-state index in [2.05, 4.69) is 0 Å². The fourth-order valence-corrected chi connectivity index (χ4v) is 3.62. The number of rotatable bonds is 6. The van der Waals surface area contributed by atoms with E-state index in [0.29, 0.717) is 5.56 Å². The molecule has 0 spiro atoms. The molecule has 8 nitrogen and oxygen atoms in total. The van der Waals surface area contributed by atoms with Crippen molar-refractivity contribution in [3.63, 3.8) is 0 Å². The lowest BCUT2D eigenvalue weighted by Crippen LogP contribution is -2.40. The molecule has 0 aliphatic rings. The number of carboxylic acid groups (broad SMARTS) is 1. The quantitative estimate of drug-likeness (QED) is 0.626. The third-order valence-electron chi connectivity index (χ3n) is 2.84. The highest BCUT2D eigenvalue weighted by Gasteiger charge is 2.31. The van der Waals surface area contributed by atoms with E-state index in [1.165, 1.54) is 32.9 Å². The molecule has 0 saturated carbocycles. The normalized spacial score (nSPS) is 11.9. The van der Waals surface area contributed by atoms with Crippen molar-refractivity contribution >= 4 is 21.7 Å².